The minimum atomic E-state index is -4.28. The van der Waals surface area contributed by atoms with Gasteiger partial charge in [-0.05, 0) is 31.4 Å². The fourth-order valence-electron chi connectivity index (χ4n) is 3.16. The fourth-order valence-corrected chi connectivity index (χ4v) is 3.88. The monoisotopic (exact) mass is 418 g/mol. The Morgan fingerprint density at radius 2 is 1.52 bits per heavy atom. The Balaban J connectivity index is 2.49. The molecule has 7 heteroatoms. The van der Waals surface area contributed by atoms with Crippen molar-refractivity contribution in [3.63, 3.8) is 0 Å². The third kappa shape index (κ3) is 9.83. The molecule has 0 aliphatic rings. The molecule has 27 heavy (non-hydrogen) atoms. The highest BCUT2D eigenvalue weighted by atomic mass is 32.2. The first-order valence-corrected chi connectivity index (χ1v) is 12.5. The molecule has 0 heterocycles. The Bertz CT molecular complexity index is 644. The van der Waals surface area contributed by atoms with Crippen molar-refractivity contribution in [2.75, 3.05) is 6.26 Å². The molecule has 1 rings (SSSR count). The van der Waals surface area contributed by atoms with E-state index >= 15 is 0 Å². The molecule has 0 radical (unpaired) electrons. The van der Waals surface area contributed by atoms with E-state index in [1.54, 1.807) is 6.26 Å². The highest BCUT2D eigenvalue weighted by Gasteiger charge is 2.17. The van der Waals surface area contributed by atoms with Crippen molar-refractivity contribution in [2.45, 2.75) is 89.4 Å². The first-order chi connectivity index (χ1) is 12.9. The van der Waals surface area contributed by atoms with Gasteiger partial charge in [0.1, 0.15) is 0 Å². The van der Waals surface area contributed by atoms with Crippen LogP contribution in [-0.2, 0) is 20.9 Å². The Kier molecular flexibility index (Phi) is 12.1. The van der Waals surface area contributed by atoms with Crippen LogP contribution >= 0.6 is 12.0 Å². The summed E-state index contributed by atoms with van der Waals surface area (Å²) in [6, 6.07) is 2.80. The van der Waals surface area contributed by atoms with Crippen molar-refractivity contribution >= 4 is 22.2 Å². The number of hydrogen-bond acceptors (Lipinski definition) is 5. The maximum Gasteiger partial charge on any atom is 0.294 e. The van der Waals surface area contributed by atoms with Crippen LogP contribution in [0.3, 0.4) is 0 Å². The molecule has 0 aromatic heterocycles. The predicted octanol–water partition coefficient (Wildman–Crippen LogP) is 6.29. The van der Waals surface area contributed by atoms with Gasteiger partial charge in [-0.3, -0.25) is 4.55 Å². The van der Waals surface area contributed by atoms with Crippen molar-refractivity contribution < 1.29 is 22.2 Å². The molecule has 1 N–H and O–H groups in total. The first kappa shape index (κ1) is 24.3. The summed E-state index contributed by atoms with van der Waals surface area (Å²) in [5.74, 6) is 0.355. The van der Waals surface area contributed by atoms with Gasteiger partial charge in [0.05, 0.1) is 4.90 Å². The number of unbranched alkanes of at least 4 members (excludes halogenated alkanes) is 9. The topological polar surface area (TPSA) is 72.8 Å². The molecule has 0 fully saturated rings. The molecular formula is C20H34O5S2. The van der Waals surface area contributed by atoms with Crippen molar-refractivity contribution in [1.29, 1.82) is 0 Å². The maximum absolute atomic E-state index is 11.4. The van der Waals surface area contributed by atoms with Crippen LogP contribution in [-0.4, -0.2) is 19.2 Å². The van der Waals surface area contributed by atoms with Crippen LogP contribution in [0.15, 0.2) is 17.0 Å². The van der Waals surface area contributed by atoms with Gasteiger partial charge < -0.3 is 4.89 Å². The number of hydrogen-bond donors (Lipinski definition) is 1. The average Bonchev–Trinajstić information content (AvgIpc) is 2.61. The zero-order valence-electron chi connectivity index (χ0n) is 16.8. The van der Waals surface area contributed by atoms with E-state index in [-0.39, 0.29) is 4.90 Å². The molecule has 0 spiro atoms. The van der Waals surface area contributed by atoms with Gasteiger partial charge in [-0.2, -0.15) is 8.42 Å². The third-order valence-corrected chi connectivity index (χ3v) is 5.71. The molecule has 0 saturated carbocycles. The van der Waals surface area contributed by atoms with Crippen molar-refractivity contribution in [3.05, 3.63) is 23.3 Å². The Hall–Kier alpha value is -0.760. The minimum Gasteiger partial charge on any atom is -0.325 e. The molecular weight excluding hydrogens is 384 g/mol. The summed E-state index contributed by atoms with van der Waals surface area (Å²) < 4.78 is 37.1. The molecule has 0 aliphatic carbocycles. The van der Waals surface area contributed by atoms with Crippen molar-refractivity contribution in [3.8, 4) is 5.75 Å². The highest BCUT2D eigenvalue weighted by molar-refractivity contribution is 7.93. The van der Waals surface area contributed by atoms with Crippen LogP contribution in [0.5, 0.6) is 5.75 Å². The third-order valence-electron chi connectivity index (χ3n) is 4.68. The normalized spacial score (nSPS) is 11.7. The van der Waals surface area contributed by atoms with Gasteiger partial charge in [0.15, 0.2) is 5.75 Å². The Morgan fingerprint density at radius 3 is 2.04 bits per heavy atom. The van der Waals surface area contributed by atoms with E-state index in [4.69, 9.17) is 9.22 Å². The number of aryl methyl sites for hydroxylation is 1. The summed E-state index contributed by atoms with van der Waals surface area (Å²) in [5, 5.41) is 0. The minimum absolute atomic E-state index is 0.175. The number of benzene rings is 1. The lowest BCUT2D eigenvalue weighted by molar-refractivity contribution is -0.0782. The summed E-state index contributed by atoms with van der Waals surface area (Å²) in [4.78, 5) is 5.06. The lowest BCUT2D eigenvalue weighted by Crippen LogP contribution is -2.04. The smallest absolute Gasteiger partial charge is 0.294 e. The molecule has 5 nitrogen and oxygen atoms in total. The van der Waals surface area contributed by atoms with E-state index in [9.17, 15) is 13.0 Å². The Morgan fingerprint density at radius 1 is 0.963 bits per heavy atom. The second kappa shape index (κ2) is 13.4. The first-order valence-electron chi connectivity index (χ1n) is 9.88. The van der Waals surface area contributed by atoms with Crippen molar-refractivity contribution in [1.82, 2.24) is 0 Å². The van der Waals surface area contributed by atoms with Gasteiger partial charge in [0, 0.05) is 29.9 Å². The van der Waals surface area contributed by atoms with Gasteiger partial charge in [-0.25, -0.2) is 0 Å². The molecule has 0 unspecified atom stereocenters. The quantitative estimate of drug-likeness (QED) is 0.119. The van der Waals surface area contributed by atoms with E-state index in [1.807, 2.05) is 6.92 Å². The molecule has 1 aromatic rings. The van der Waals surface area contributed by atoms with E-state index in [0.29, 0.717) is 5.75 Å². The maximum atomic E-state index is 11.4. The van der Waals surface area contributed by atoms with Gasteiger partial charge in [-0.15, -0.1) is 4.33 Å². The second-order valence-corrected chi connectivity index (χ2v) is 8.83. The lowest BCUT2D eigenvalue weighted by Gasteiger charge is -2.13. The van der Waals surface area contributed by atoms with Gasteiger partial charge in [0.2, 0.25) is 0 Å². The lowest BCUT2D eigenvalue weighted by atomic mass is 10.00. The van der Waals surface area contributed by atoms with Crippen LogP contribution in [0.2, 0.25) is 0 Å². The summed E-state index contributed by atoms with van der Waals surface area (Å²) in [6.45, 7) is 4.06. The summed E-state index contributed by atoms with van der Waals surface area (Å²) >= 11 is 1.03. The predicted molar refractivity (Wildman–Crippen MR) is 112 cm³/mol. The largest absolute Gasteiger partial charge is 0.325 e. The van der Waals surface area contributed by atoms with Crippen LogP contribution in [0.4, 0.5) is 0 Å². The van der Waals surface area contributed by atoms with Crippen LogP contribution < -0.4 is 4.89 Å². The zero-order chi connectivity index (χ0) is 20.1. The molecule has 0 bridgehead atoms. The van der Waals surface area contributed by atoms with Gasteiger partial charge in [-0.1, -0.05) is 64.7 Å². The van der Waals surface area contributed by atoms with Crippen molar-refractivity contribution in [2.24, 2.45) is 0 Å². The standard InChI is InChI=1S/C20H34O5S2/c1-4-5-6-7-8-9-10-11-12-13-14-19-17(2)15-18(27(21,22)23)16-20(19)24-25-26-3/h15-16H,4-14H2,1-3H3,(H,21,22,23). The summed E-state index contributed by atoms with van der Waals surface area (Å²) in [7, 11) is -4.28. The molecule has 0 atom stereocenters. The molecule has 156 valence electrons. The molecule has 0 saturated heterocycles. The average molecular weight is 419 g/mol. The van der Waals surface area contributed by atoms with E-state index < -0.39 is 10.1 Å². The number of rotatable bonds is 15. The van der Waals surface area contributed by atoms with Gasteiger partial charge in [0.25, 0.3) is 10.1 Å². The van der Waals surface area contributed by atoms with Crippen LogP contribution in [0.25, 0.3) is 0 Å². The van der Waals surface area contributed by atoms with Crippen LogP contribution in [0.1, 0.15) is 82.3 Å². The van der Waals surface area contributed by atoms with Crippen LogP contribution in [0, 0.1) is 6.92 Å². The molecule has 1 aromatic carbocycles. The summed E-state index contributed by atoms with van der Waals surface area (Å²) in [6.07, 6.45) is 15.1. The molecule has 0 amide bonds. The highest BCUT2D eigenvalue weighted by Crippen LogP contribution is 2.29. The summed E-state index contributed by atoms with van der Waals surface area (Å²) in [5.41, 5.74) is 1.71. The van der Waals surface area contributed by atoms with E-state index in [1.165, 1.54) is 63.5 Å². The second-order valence-electron chi connectivity index (χ2n) is 6.94. The van der Waals surface area contributed by atoms with E-state index in [0.717, 1.165) is 42.4 Å². The molecule has 0 aliphatic heterocycles. The SMILES string of the molecule is CCCCCCCCCCCCc1c(C)cc(S(=O)(=O)O)cc1OOSC. The van der Waals surface area contributed by atoms with Gasteiger partial charge >= 0.3 is 0 Å². The Labute approximate surface area is 169 Å². The zero-order valence-corrected chi connectivity index (χ0v) is 18.5. The van der Waals surface area contributed by atoms with E-state index in [2.05, 4.69) is 6.92 Å². The fraction of sp³-hybridized carbons (Fsp3) is 0.700.